The van der Waals surface area contributed by atoms with Crippen LogP contribution < -0.4 is 10.5 Å². The number of hydrogen-bond acceptors (Lipinski definition) is 7. The van der Waals surface area contributed by atoms with E-state index in [1.54, 1.807) is 12.1 Å². The van der Waals surface area contributed by atoms with Crippen molar-refractivity contribution in [3.05, 3.63) is 45.6 Å². The standard InChI is InChI=1S/C13H14N4O3S/c1-8-3-12(14)16-13(15-8)21-7-9-4-10(17(18)19)6-11(5-9)20-2/h3-6H,7H2,1-2H3,(H2,14,15,16). The minimum atomic E-state index is -0.447. The molecule has 1 heterocycles. The lowest BCUT2D eigenvalue weighted by Crippen LogP contribution is -1.97. The van der Waals surface area contributed by atoms with Crippen molar-refractivity contribution in [2.45, 2.75) is 17.8 Å². The van der Waals surface area contributed by atoms with E-state index in [2.05, 4.69) is 9.97 Å². The minimum Gasteiger partial charge on any atom is -0.496 e. The van der Waals surface area contributed by atoms with Gasteiger partial charge in [0.25, 0.3) is 5.69 Å². The Morgan fingerprint density at radius 1 is 1.33 bits per heavy atom. The van der Waals surface area contributed by atoms with Crippen molar-refractivity contribution < 1.29 is 9.66 Å². The summed E-state index contributed by atoms with van der Waals surface area (Å²) in [5.41, 5.74) is 7.20. The van der Waals surface area contributed by atoms with E-state index in [0.717, 1.165) is 11.3 Å². The second-order valence-corrected chi connectivity index (χ2v) is 5.24. The maximum Gasteiger partial charge on any atom is 0.273 e. The molecule has 0 spiro atoms. The third-order valence-electron chi connectivity index (χ3n) is 2.62. The molecular weight excluding hydrogens is 292 g/mol. The van der Waals surface area contributed by atoms with Crippen molar-refractivity contribution in [1.82, 2.24) is 9.97 Å². The number of nitrogens with two attached hydrogens (primary N) is 1. The van der Waals surface area contributed by atoms with Gasteiger partial charge in [0.1, 0.15) is 11.6 Å². The van der Waals surface area contributed by atoms with E-state index in [9.17, 15) is 10.1 Å². The molecule has 0 amide bonds. The summed E-state index contributed by atoms with van der Waals surface area (Å²) < 4.78 is 5.07. The van der Waals surface area contributed by atoms with Crippen LogP contribution in [-0.2, 0) is 5.75 Å². The maximum absolute atomic E-state index is 10.9. The molecule has 2 rings (SSSR count). The highest BCUT2D eigenvalue weighted by Gasteiger charge is 2.11. The van der Waals surface area contributed by atoms with Crippen LogP contribution in [0.2, 0.25) is 0 Å². The van der Waals surface area contributed by atoms with Gasteiger partial charge < -0.3 is 10.5 Å². The SMILES string of the molecule is COc1cc(CSc2nc(C)cc(N)n2)cc([N+](=O)[O-])c1. The summed E-state index contributed by atoms with van der Waals surface area (Å²) >= 11 is 1.36. The molecule has 0 bridgehead atoms. The fraction of sp³-hybridized carbons (Fsp3) is 0.231. The molecule has 0 aliphatic rings. The number of benzene rings is 1. The van der Waals surface area contributed by atoms with Gasteiger partial charge in [-0.1, -0.05) is 11.8 Å². The lowest BCUT2D eigenvalue weighted by molar-refractivity contribution is -0.385. The largest absolute Gasteiger partial charge is 0.496 e. The third kappa shape index (κ3) is 4.06. The molecule has 8 heteroatoms. The first-order valence-corrected chi connectivity index (χ1v) is 7.03. The first-order chi connectivity index (χ1) is 9.97. The molecule has 0 atom stereocenters. The van der Waals surface area contributed by atoms with Gasteiger partial charge in [-0.2, -0.15) is 0 Å². The van der Waals surface area contributed by atoms with E-state index in [-0.39, 0.29) is 5.69 Å². The molecule has 7 nitrogen and oxygen atoms in total. The number of nitro groups is 1. The fourth-order valence-corrected chi connectivity index (χ4v) is 2.57. The average molecular weight is 306 g/mol. The molecule has 0 fully saturated rings. The summed E-state index contributed by atoms with van der Waals surface area (Å²) in [6.07, 6.45) is 0. The molecule has 1 aromatic carbocycles. The molecular formula is C13H14N4O3S. The molecule has 0 radical (unpaired) electrons. The van der Waals surface area contributed by atoms with Gasteiger partial charge in [0.05, 0.1) is 18.1 Å². The number of nitrogen functional groups attached to an aromatic ring is 1. The van der Waals surface area contributed by atoms with Crippen molar-refractivity contribution in [1.29, 1.82) is 0 Å². The van der Waals surface area contributed by atoms with Crippen LogP contribution in [0.15, 0.2) is 29.4 Å². The molecule has 1 aromatic heterocycles. The van der Waals surface area contributed by atoms with E-state index in [0.29, 0.717) is 22.5 Å². The fourth-order valence-electron chi connectivity index (χ4n) is 1.73. The first kappa shape index (κ1) is 15.0. The molecule has 21 heavy (non-hydrogen) atoms. The van der Waals surface area contributed by atoms with E-state index < -0.39 is 4.92 Å². The van der Waals surface area contributed by atoms with Gasteiger partial charge in [-0.3, -0.25) is 10.1 Å². The highest BCUT2D eigenvalue weighted by Crippen LogP contribution is 2.27. The van der Waals surface area contributed by atoms with Gasteiger partial charge in [-0.15, -0.1) is 0 Å². The van der Waals surface area contributed by atoms with Crippen molar-refractivity contribution >= 4 is 23.3 Å². The number of methoxy groups -OCH3 is 1. The first-order valence-electron chi connectivity index (χ1n) is 6.04. The molecule has 110 valence electrons. The predicted molar refractivity (Wildman–Crippen MR) is 80.4 cm³/mol. The predicted octanol–water partition coefficient (Wildman–Crippen LogP) is 2.58. The topological polar surface area (TPSA) is 104 Å². The van der Waals surface area contributed by atoms with Crippen molar-refractivity contribution in [2.24, 2.45) is 0 Å². The smallest absolute Gasteiger partial charge is 0.273 e. The lowest BCUT2D eigenvalue weighted by atomic mass is 10.2. The van der Waals surface area contributed by atoms with E-state index >= 15 is 0 Å². The zero-order chi connectivity index (χ0) is 15.4. The molecule has 0 saturated heterocycles. The summed E-state index contributed by atoms with van der Waals surface area (Å²) in [4.78, 5) is 18.8. The Kier molecular flexibility index (Phi) is 4.59. The Labute approximate surface area is 125 Å². The highest BCUT2D eigenvalue weighted by atomic mass is 32.2. The molecule has 0 aliphatic heterocycles. The Morgan fingerprint density at radius 3 is 2.71 bits per heavy atom. The number of nitro benzene ring substituents is 1. The van der Waals surface area contributed by atoms with Gasteiger partial charge in [-0.05, 0) is 18.6 Å². The quantitative estimate of drug-likeness (QED) is 0.392. The maximum atomic E-state index is 10.9. The summed E-state index contributed by atoms with van der Waals surface area (Å²) in [5, 5.41) is 11.4. The lowest BCUT2D eigenvalue weighted by Gasteiger charge is -2.05. The van der Waals surface area contributed by atoms with Crippen LogP contribution in [0.1, 0.15) is 11.3 Å². The van der Waals surface area contributed by atoms with E-state index in [1.165, 1.54) is 31.0 Å². The molecule has 0 saturated carbocycles. The van der Waals surface area contributed by atoms with Crippen LogP contribution in [0, 0.1) is 17.0 Å². The molecule has 2 aromatic rings. The Hall–Kier alpha value is -2.35. The van der Waals surface area contributed by atoms with Crippen LogP contribution in [0.5, 0.6) is 5.75 Å². The summed E-state index contributed by atoms with van der Waals surface area (Å²) in [5.74, 6) is 1.34. The number of thioether (sulfide) groups is 1. The number of aryl methyl sites for hydroxylation is 1. The van der Waals surface area contributed by atoms with E-state index in [1.807, 2.05) is 6.92 Å². The number of non-ortho nitro benzene ring substituents is 1. The molecule has 2 N–H and O–H groups in total. The Balaban J connectivity index is 2.19. The number of aromatic nitrogens is 2. The van der Waals surface area contributed by atoms with Crippen molar-refractivity contribution in [2.75, 3.05) is 12.8 Å². The third-order valence-corrected chi connectivity index (χ3v) is 3.54. The van der Waals surface area contributed by atoms with Gasteiger partial charge in [-0.25, -0.2) is 9.97 Å². The van der Waals surface area contributed by atoms with E-state index in [4.69, 9.17) is 10.5 Å². The summed E-state index contributed by atoms with van der Waals surface area (Å²) in [6, 6.07) is 6.32. The Morgan fingerprint density at radius 2 is 2.10 bits per heavy atom. The van der Waals surface area contributed by atoms with Crippen molar-refractivity contribution in [3.8, 4) is 5.75 Å². The summed E-state index contributed by atoms with van der Waals surface area (Å²) in [7, 11) is 1.47. The second-order valence-electron chi connectivity index (χ2n) is 4.30. The molecule has 0 aliphatic carbocycles. The zero-order valence-corrected chi connectivity index (χ0v) is 12.4. The number of hydrogen-bond donors (Lipinski definition) is 1. The van der Waals surface area contributed by atoms with Gasteiger partial charge >= 0.3 is 0 Å². The zero-order valence-electron chi connectivity index (χ0n) is 11.6. The monoisotopic (exact) mass is 306 g/mol. The number of nitrogens with zero attached hydrogens (tertiary/aromatic N) is 3. The number of ether oxygens (including phenoxy) is 1. The van der Waals surface area contributed by atoms with Crippen LogP contribution >= 0.6 is 11.8 Å². The molecule has 0 unspecified atom stereocenters. The van der Waals surface area contributed by atoms with Gasteiger partial charge in [0.15, 0.2) is 5.16 Å². The highest BCUT2D eigenvalue weighted by molar-refractivity contribution is 7.98. The van der Waals surface area contributed by atoms with Gasteiger partial charge in [0.2, 0.25) is 0 Å². The average Bonchev–Trinajstić information content (AvgIpc) is 2.43. The normalized spacial score (nSPS) is 10.4. The minimum absolute atomic E-state index is 0.00498. The van der Waals surface area contributed by atoms with Crippen LogP contribution in [-0.4, -0.2) is 22.0 Å². The van der Waals surface area contributed by atoms with Crippen LogP contribution in [0.25, 0.3) is 0 Å². The number of rotatable bonds is 5. The van der Waals surface area contributed by atoms with Crippen molar-refractivity contribution in [3.63, 3.8) is 0 Å². The Bertz CT molecular complexity index is 658. The summed E-state index contributed by atoms with van der Waals surface area (Å²) in [6.45, 7) is 1.83. The van der Waals surface area contributed by atoms with Crippen LogP contribution in [0.4, 0.5) is 11.5 Å². The second kappa shape index (κ2) is 6.40. The van der Waals surface area contributed by atoms with Gasteiger partial charge in [0, 0.05) is 23.6 Å². The van der Waals surface area contributed by atoms with Crippen LogP contribution in [0.3, 0.4) is 0 Å². The number of anilines is 1.